The maximum absolute atomic E-state index is 13.3. The number of benzene rings is 1. The van der Waals surface area contributed by atoms with E-state index in [1.807, 2.05) is 42.2 Å². The summed E-state index contributed by atoms with van der Waals surface area (Å²) in [6.07, 6.45) is 2.10. The first-order valence-corrected chi connectivity index (χ1v) is 9.37. The average molecular weight is 372 g/mol. The molecule has 1 aliphatic rings. The van der Waals surface area contributed by atoms with Crippen LogP contribution in [-0.2, 0) is 6.42 Å². The van der Waals surface area contributed by atoms with Crippen molar-refractivity contribution in [3.63, 3.8) is 0 Å². The molecule has 6 nitrogen and oxygen atoms in total. The minimum atomic E-state index is -0.298. The maximum atomic E-state index is 13.3. The first kappa shape index (κ1) is 16.7. The Bertz CT molecular complexity index is 1190. The number of aromatic amines is 1. The number of fused-ring (bicyclic) bond motifs is 3. The zero-order valence-corrected chi connectivity index (χ0v) is 15.8. The number of nitrogens with zero attached hydrogens (tertiary/aromatic N) is 3. The van der Waals surface area contributed by atoms with Gasteiger partial charge in [0.05, 0.1) is 11.4 Å². The monoisotopic (exact) mass is 372 g/mol. The lowest BCUT2D eigenvalue weighted by molar-refractivity contribution is 0.0654. The van der Waals surface area contributed by atoms with Crippen molar-refractivity contribution < 1.29 is 9.21 Å². The molecule has 0 fully saturated rings. The van der Waals surface area contributed by atoms with Gasteiger partial charge in [0.25, 0.3) is 5.91 Å². The molecule has 140 valence electrons. The van der Waals surface area contributed by atoms with Crippen LogP contribution in [0.1, 0.15) is 44.9 Å². The van der Waals surface area contributed by atoms with Crippen LogP contribution in [0.2, 0.25) is 0 Å². The number of carbonyl (C=O) groups is 1. The third-order valence-corrected chi connectivity index (χ3v) is 5.43. The number of pyridine rings is 1. The van der Waals surface area contributed by atoms with E-state index in [2.05, 4.69) is 22.1 Å². The second kappa shape index (κ2) is 6.34. The molecule has 1 aromatic carbocycles. The van der Waals surface area contributed by atoms with Crippen LogP contribution in [0.4, 0.5) is 0 Å². The first-order valence-electron chi connectivity index (χ1n) is 9.37. The highest BCUT2D eigenvalue weighted by atomic mass is 16.3. The summed E-state index contributed by atoms with van der Waals surface area (Å²) < 4.78 is 5.40. The van der Waals surface area contributed by atoms with E-state index in [0.29, 0.717) is 12.2 Å². The van der Waals surface area contributed by atoms with Crippen molar-refractivity contribution in [2.45, 2.75) is 26.3 Å². The van der Waals surface area contributed by atoms with Crippen LogP contribution >= 0.6 is 0 Å². The van der Waals surface area contributed by atoms with Crippen molar-refractivity contribution in [1.82, 2.24) is 19.9 Å². The topological polar surface area (TPSA) is 75.0 Å². The Morgan fingerprint density at radius 2 is 2.04 bits per heavy atom. The summed E-state index contributed by atoms with van der Waals surface area (Å²) in [5.41, 5.74) is 5.72. The summed E-state index contributed by atoms with van der Waals surface area (Å²) in [7, 11) is 0. The number of aryl methyl sites for hydroxylation is 2. The standard InChI is InChI=1S/C22H20N4O2/c1-13-6-5-9-18(24-13)20-19-16(15-7-3-4-8-17(15)25-19)10-11-26(20)22(27)21-14(2)23-12-28-21/h3-9,12,20,25H,10-11H2,1-2H3/t20-/m0/s1. The Hall–Kier alpha value is -3.41. The molecular formula is C22H20N4O2. The summed E-state index contributed by atoms with van der Waals surface area (Å²) in [5, 5.41) is 1.21. The fourth-order valence-electron chi connectivity index (χ4n) is 4.12. The highest BCUT2D eigenvalue weighted by Crippen LogP contribution is 2.38. The number of oxazole rings is 1. The molecule has 1 N–H and O–H groups in total. The number of rotatable bonds is 2. The van der Waals surface area contributed by atoms with E-state index < -0.39 is 0 Å². The second-order valence-electron chi connectivity index (χ2n) is 7.18. The summed E-state index contributed by atoms with van der Waals surface area (Å²) in [6.45, 7) is 4.34. The van der Waals surface area contributed by atoms with Gasteiger partial charge in [0.1, 0.15) is 6.04 Å². The van der Waals surface area contributed by atoms with Gasteiger partial charge in [0.2, 0.25) is 5.76 Å². The normalized spacial score (nSPS) is 16.4. The van der Waals surface area contributed by atoms with E-state index in [1.165, 1.54) is 17.3 Å². The molecule has 1 aliphatic heterocycles. The quantitative estimate of drug-likeness (QED) is 0.578. The number of para-hydroxylation sites is 1. The van der Waals surface area contributed by atoms with Crippen LogP contribution in [-0.4, -0.2) is 32.3 Å². The predicted octanol–water partition coefficient (Wildman–Crippen LogP) is 3.96. The summed E-state index contributed by atoms with van der Waals surface area (Å²) in [5.74, 6) is 0.129. The SMILES string of the molecule is Cc1cccc([C@H]2c3[nH]c4ccccc4c3CCN2C(=O)c2ocnc2C)n1. The van der Waals surface area contributed by atoms with E-state index in [0.717, 1.165) is 29.0 Å². The summed E-state index contributed by atoms with van der Waals surface area (Å²) in [4.78, 5) is 27.5. The lowest BCUT2D eigenvalue weighted by Gasteiger charge is -2.35. The molecule has 28 heavy (non-hydrogen) atoms. The molecule has 0 spiro atoms. The molecule has 0 aliphatic carbocycles. The molecule has 0 radical (unpaired) electrons. The number of hydrogen-bond acceptors (Lipinski definition) is 4. The van der Waals surface area contributed by atoms with Gasteiger partial charge in [0.15, 0.2) is 6.39 Å². The van der Waals surface area contributed by atoms with Crippen molar-refractivity contribution in [3.05, 3.63) is 83.0 Å². The van der Waals surface area contributed by atoms with E-state index in [1.54, 1.807) is 6.92 Å². The highest BCUT2D eigenvalue weighted by Gasteiger charge is 2.37. The molecule has 3 aromatic heterocycles. The molecule has 1 atom stereocenters. The first-order chi connectivity index (χ1) is 13.6. The smallest absolute Gasteiger partial charge is 0.292 e. The fourth-order valence-corrected chi connectivity index (χ4v) is 4.12. The molecule has 0 unspecified atom stereocenters. The van der Waals surface area contributed by atoms with E-state index in [4.69, 9.17) is 9.40 Å². The molecule has 4 heterocycles. The van der Waals surface area contributed by atoms with Crippen LogP contribution < -0.4 is 0 Å². The Morgan fingerprint density at radius 3 is 2.82 bits per heavy atom. The number of hydrogen-bond donors (Lipinski definition) is 1. The van der Waals surface area contributed by atoms with E-state index >= 15 is 0 Å². The number of carbonyl (C=O) groups excluding carboxylic acids is 1. The number of amides is 1. The van der Waals surface area contributed by atoms with Crippen LogP contribution in [0.15, 0.2) is 53.3 Å². The van der Waals surface area contributed by atoms with Crippen molar-refractivity contribution in [2.75, 3.05) is 6.54 Å². The Balaban J connectivity index is 1.69. The van der Waals surface area contributed by atoms with Gasteiger partial charge in [-0.05, 0) is 44.0 Å². The maximum Gasteiger partial charge on any atom is 0.292 e. The fraction of sp³-hybridized carbons (Fsp3) is 0.227. The minimum Gasteiger partial charge on any atom is -0.438 e. The number of aromatic nitrogens is 3. The van der Waals surface area contributed by atoms with Crippen LogP contribution in [0.25, 0.3) is 10.9 Å². The average Bonchev–Trinajstić information content (AvgIpc) is 3.30. The Labute approximate surface area is 162 Å². The van der Waals surface area contributed by atoms with Gasteiger partial charge in [-0.1, -0.05) is 24.3 Å². The van der Waals surface area contributed by atoms with Gasteiger partial charge >= 0.3 is 0 Å². The van der Waals surface area contributed by atoms with Gasteiger partial charge in [-0.2, -0.15) is 0 Å². The van der Waals surface area contributed by atoms with Crippen LogP contribution in [0, 0.1) is 13.8 Å². The Morgan fingerprint density at radius 1 is 1.18 bits per heavy atom. The van der Waals surface area contributed by atoms with Crippen LogP contribution in [0.3, 0.4) is 0 Å². The van der Waals surface area contributed by atoms with Crippen molar-refractivity contribution in [3.8, 4) is 0 Å². The molecule has 0 saturated carbocycles. The van der Waals surface area contributed by atoms with Crippen molar-refractivity contribution in [2.24, 2.45) is 0 Å². The highest BCUT2D eigenvalue weighted by molar-refractivity contribution is 5.94. The summed E-state index contributed by atoms with van der Waals surface area (Å²) >= 11 is 0. The van der Waals surface area contributed by atoms with Gasteiger partial charge in [-0.3, -0.25) is 9.78 Å². The zero-order chi connectivity index (χ0) is 19.3. The molecule has 0 bridgehead atoms. The van der Waals surface area contributed by atoms with Gasteiger partial charge in [-0.25, -0.2) is 4.98 Å². The third-order valence-electron chi connectivity index (χ3n) is 5.43. The van der Waals surface area contributed by atoms with Gasteiger partial charge in [-0.15, -0.1) is 0 Å². The van der Waals surface area contributed by atoms with E-state index in [9.17, 15) is 4.79 Å². The minimum absolute atomic E-state index is 0.160. The lowest BCUT2D eigenvalue weighted by Crippen LogP contribution is -2.41. The molecule has 4 aromatic rings. The third kappa shape index (κ3) is 2.52. The van der Waals surface area contributed by atoms with Gasteiger partial charge < -0.3 is 14.3 Å². The zero-order valence-electron chi connectivity index (χ0n) is 15.8. The van der Waals surface area contributed by atoms with Crippen molar-refractivity contribution in [1.29, 1.82) is 0 Å². The number of nitrogens with one attached hydrogen (secondary N) is 1. The lowest BCUT2D eigenvalue weighted by atomic mass is 9.94. The Kier molecular flexibility index (Phi) is 3.79. The molecular weight excluding hydrogens is 352 g/mol. The predicted molar refractivity (Wildman–Crippen MR) is 105 cm³/mol. The second-order valence-corrected chi connectivity index (χ2v) is 7.18. The van der Waals surface area contributed by atoms with Crippen LogP contribution in [0.5, 0.6) is 0 Å². The van der Waals surface area contributed by atoms with E-state index in [-0.39, 0.29) is 17.7 Å². The molecule has 6 heteroatoms. The molecule has 5 rings (SSSR count). The number of H-pyrrole nitrogens is 1. The molecule has 0 saturated heterocycles. The van der Waals surface area contributed by atoms with Crippen molar-refractivity contribution >= 4 is 16.8 Å². The molecule has 1 amide bonds. The van der Waals surface area contributed by atoms with Gasteiger partial charge in [0, 0.05) is 28.8 Å². The largest absolute Gasteiger partial charge is 0.438 e. The summed E-state index contributed by atoms with van der Waals surface area (Å²) in [6, 6.07) is 13.9.